The first-order chi connectivity index (χ1) is 7.27. The van der Waals surface area contributed by atoms with Crippen molar-refractivity contribution in [3.8, 4) is 5.75 Å². The maximum Gasteiger partial charge on any atom is 0.124 e. The molecule has 2 nitrogen and oxygen atoms in total. The second kappa shape index (κ2) is 4.64. The van der Waals surface area contributed by atoms with E-state index in [1.54, 1.807) is 7.11 Å². The van der Waals surface area contributed by atoms with Crippen LogP contribution in [0.2, 0.25) is 5.02 Å². The molecule has 0 amide bonds. The minimum absolute atomic E-state index is 0.372. The molecule has 0 atom stereocenters. The molecule has 0 spiro atoms. The molecule has 3 heteroatoms. The number of hydrogen-bond acceptors (Lipinski definition) is 2. The molecule has 1 aromatic carbocycles. The van der Waals surface area contributed by atoms with Crippen molar-refractivity contribution in [3.05, 3.63) is 28.3 Å². The Balaban J connectivity index is 3.38. The smallest absolute Gasteiger partial charge is 0.124 e. The molecular weight excluding hydrogens is 222 g/mol. The van der Waals surface area contributed by atoms with Crippen LogP contribution in [0.15, 0.2) is 12.1 Å². The predicted octanol–water partition coefficient (Wildman–Crippen LogP) is 3.67. The summed E-state index contributed by atoms with van der Waals surface area (Å²) in [5.41, 5.74) is 7.66. The summed E-state index contributed by atoms with van der Waals surface area (Å²) >= 11 is 6.25. The number of ether oxygens (including phenoxy) is 1. The summed E-state index contributed by atoms with van der Waals surface area (Å²) in [6.45, 7) is 8.09. The van der Waals surface area contributed by atoms with Crippen LogP contribution >= 0.6 is 11.6 Å². The average molecular weight is 242 g/mol. The van der Waals surface area contributed by atoms with Crippen LogP contribution in [0.4, 0.5) is 0 Å². The fourth-order valence-electron chi connectivity index (χ4n) is 1.68. The standard InChI is InChI=1S/C13H20ClNO/c1-8(2)9-6-12(16-5)10(7-11(9)14)13(3,4)15/h6-8H,15H2,1-5H3. The van der Waals surface area contributed by atoms with Crippen LogP contribution in [-0.4, -0.2) is 7.11 Å². The van der Waals surface area contributed by atoms with E-state index in [9.17, 15) is 0 Å². The number of hydrogen-bond donors (Lipinski definition) is 1. The van der Waals surface area contributed by atoms with E-state index < -0.39 is 5.54 Å². The van der Waals surface area contributed by atoms with Gasteiger partial charge in [0.1, 0.15) is 5.75 Å². The van der Waals surface area contributed by atoms with Crippen LogP contribution in [0.1, 0.15) is 44.7 Å². The summed E-state index contributed by atoms with van der Waals surface area (Å²) in [5, 5.41) is 0.754. The molecule has 0 radical (unpaired) electrons. The van der Waals surface area contributed by atoms with Gasteiger partial charge in [-0.25, -0.2) is 0 Å². The van der Waals surface area contributed by atoms with Gasteiger partial charge in [-0.15, -0.1) is 0 Å². The zero-order valence-electron chi connectivity index (χ0n) is 10.6. The minimum atomic E-state index is -0.454. The van der Waals surface area contributed by atoms with E-state index in [1.807, 2.05) is 26.0 Å². The lowest BCUT2D eigenvalue weighted by Gasteiger charge is -2.24. The SMILES string of the molecule is COc1cc(C(C)C)c(Cl)cc1C(C)(C)N. The summed E-state index contributed by atoms with van der Waals surface area (Å²) in [4.78, 5) is 0. The molecule has 0 bridgehead atoms. The summed E-state index contributed by atoms with van der Waals surface area (Å²) < 4.78 is 5.38. The summed E-state index contributed by atoms with van der Waals surface area (Å²) in [7, 11) is 1.66. The zero-order valence-corrected chi connectivity index (χ0v) is 11.4. The lowest BCUT2D eigenvalue weighted by molar-refractivity contribution is 0.393. The van der Waals surface area contributed by atoms with E-state index in [0.717, 1.165) is 21.9 Å². The van der Waals surface area contributed by atoms with Crippen molar-refractivity contribution in [3.63, 3.8) is 0 Å². The third-order valence-corrected chi connectivity index (χ3v) is 2.96. The van der Waals surface area contributed by atoms with Crippen molar-refractivity contribution < 1.29 is 4.74 Å². The molecule has 0 unspecified atom stereocenters. The number of halogens is 1. The Bertz CT molecular complexity index is 380. The molecular formula is C13H20ClNO. The monoisotopic (exact) mass is 241 g/mol. The maximum absolute atomic E-state index is 6.25. The molecule has 90 valence electrons. The topological polar surface area (TPSA) is 35.2 Å². The van der Waals surface area contributed by atoms with Gasteiger partial charge in [-0.3, -0.25) is 0 Å². The van der Waals surface area contributed by atoms with Crippen LogP contribution in [0, 0.1) is 0 Å². The normalized spacial score (nSPS) is 12.0. The lowest BCUT2D eigenvalue weighted by Crippen LogP contribution is -2.29. The van der Waals surface area contributed by atoms with Gasteiger partial charge in [-0.2, -0.15) is 0 Å². The van der Waals surface area contributed by atoms with Gasteiger partial charge in [0.25, 0.3) is 0 Å². The highest BCUT2D eigenvalue weighted by molar-refractivity contribution is 6.31. The van der Waals surface area contributed by atoms with Gasteiger partial charge in [0.05, 0.1) is 7.11 Å². The molecule has 0 aliphatic heterocycles. The zero-order chi connectivity index (χ0) is 12.5. The van der Waals surface area contributed by atoms with Gasteiger partial charge >= 0.3 is 0 Å². The number of nitrogens with two attached hydrogens (primary N) is 1. The van der Waals surface area contributed by atoms with Crippen LogP contribution < -0.4 is 10.5 Å². The Hall–Kier alpha value is -0.730. The molecule has 1 aromatic rings. The van der Waals surface area contributed by atoms with Crippen LogP contribution in [0.25, 0.3) is 0 Å². The quantitative estimate of drug-likeness (QED) is 0.877. The van der Waals surface area contributed by atoms with Gasteiger partial charge in [-0.05, 0) is 37.5 Å². The highest BCUT2D eigenvalue weighted by atomic mass is 35.5. The molecule has 2 N–H and O–H groups in total. The van der Waals surface area contributed by atoms with E-state index in [-0.39, 0.29) is 0 Å². The third-order valence-electron chi connectivity index (χ3n) is 2.63. The van der Waals surface area contributed by atoms with Crippen molar-refractivity contribution in [2.75, 3.05) is 7.11 Å². The third kappa shape index (κ3) is 2.69. The average Bonchev–Trinajstić information content (AvgIpc) is 2.15. The van der Waals surface area contributed by atoms with E-state index >= 15 is 0 Å². The number of rotatable bonds is 3. The number of methoxy groups -OCH3 is 1. The fourth-order valence-corrected chi connectivity index (χ4v) is 2.07. The molecule has 0 saturated heterocycles. The molecule has 0 fully saturated rings. The Morgan fingerprint density at radius 1 is 1.31 bits per heavy atom. The largest absolute Gasteiger partial charge is 0.496 e. The van der Waals surface area contributed by atoms with Crippen molar-refractivity contribution in [1.29, 1.82) is 0 Å². The summed E-state index contributed by atoms with van der Waals surface area (Å²) in [6, 6.07) is 3.90. The predicted molar refractivity (Wildman–Crippen MR) is 69.3 cm³/mol. The minimum Gasteiger partial charge on any atom is -0.496 e. The van der Waals surface area contributed by atoms with Gasteiger partial charge in [-0.1, -0.05) is 25.4 Å². The lowest BCUT2D eigenvalue weighted by atomic mass is 9.91. The molecule has 0 aliphatic rings. The number of benzene rings is 1. The molecule has 0 aromatic heterocycles. The first-order valence-electron chi connectivity index (χ1n) is 5.44. The van der Waals surface area contributed by atoms with Crippen LogP contribution in [0.5, 0.6) is 5.75 Å². The molecule has 0 saturated carbocycles. The second-order valence-corrected chi connectivity index (χ2v) is 5.36. The highest BCUT2D eigenvalue weighted by Crippen LogP contribution is 2.35. The summed E-state index contributed by atoms with van der Waals surface area (Å²) in [5.74, 6) is 1.18. The van der Waals surface area contributed by atoms with Crippen molar-refractivity contribution in [1.82, 2.24) is 0 Å². The van der Waals surface area contributed by atoms with E-state index in [0.29, 0.717) is 5.92 Å². The molecule has 0 aliphatic carbocycles. The molecule has 1 rings (SSSR count). The Labute approximate surface area is 103 Å². The van der Waals surface area contributed by atoms with Crippen molar-refractivity contribution in [2.45, 2.75) is 39.2 Å². The van der Waals surface area contributed by atoms with Gasteiger partial charge in [0.2, 0.25) is 0 Å². The van der Waals surface area contributed by atoms with Gasteiger partial charge in [0, 0.05) is 16.1 Å². The molecule has 0 heterocycles. The van der Waals surface area contributed by atoms with E-state index in [2.05, 4.69) is 13.8 Å². The van der Waals surface area contributed by atoms with Crippen LogP contribution in [-0.2, 0) is 5.54 Å². The van der Waals surface area contributed by atoms with Crippen molar-refractivity contribution >= 4 is 11.6 Å². The maximum atomic E-state index is 6.25. The Kier molecular flexibility index (Phi) is 3.87. The first-order valence-corrected chi connectivity index (χ1v) is 5.82. The highest BCUT2D eigenvalue weighted by Gasteiger charge is 2.21. The Morgan fingerprint density at radius 3 is 2.25 bits per heavy atom. The van der Waals surface area contributed by atoms with Gasteiger partial charge < -0.3 is 10.5 Å². The van der Waals surface area contributed by atoms with Crippen LogP contribution in [0.3, 0.4) is 0 Å². The fraction of sp³-hybridized carbons (Fsp3) is 0.538. The first kappa shape index (κ1) is 13.3. The second-order valence-electron chi connectivity index (χ2n) is 4.95. The Morgan fingerprint density at radius 2 is 1.88 bits per heavy atom. The molecule has 16 heavy (non-hydrogen) atoms. The van der Waals surface area contributed by atoms with Crippen molar-refractivity contribution in [2.24, 2.45) is 5.73 Å². The van der Waals surface area contributed by atoms with Gasteiger partial charge in [0.15, 0.2) is 0 Å². The van der Waals surface area contributed by atoms with E-state index in [1.165, 1.54) is 0 Å². The summed E-state index contributed by atoms with van der Waals surface area (Å²) in [6.07, 6.45) is 0. The van der Waals surface area contributed by atoms with E-state index in [4.69, 9.17) is 22.1 Å².